The quantitative estimate of drug-likeness (QED) is 0.706. The number of thioether (sulfide) groups is 1. The number of ether oxygens (including phenoxy) is 1. The highest BCUT2D eigenvalue weighted by Crippen LogP contribution is 2.45. The molecule has 1 fully saturated rings. The lowest BCUT2D eigenvalue weighted by Crippen LogP contribution is -2.43. The molecule has 120 valence electrons. The molecule has 1 aliphatic rings. The summed E-state index contributed by atoms with van der Waals surface area (Å²) in [5.74, 6) is -0.237. The molecule has 22 heavy (non-hydrogen) atoms. The predicted molar refractivity (Wildman–Crippen MR) is 86.6 cm³/mol. The fourth-order valence-electron chi connectivity index (χ4n) is 2.32. The van der Waals surface area contributed by atoms with E-state index in [-0.39, 0.29) is 23.8 Å². The summed E-state index contributed by atoms with van der Waals surface area (Å²) in [6.45, 7) is 0. The van der Waals surface area contributed by atoms with Gasteiger partial charge in [-0.2, -0.15) is 12.6 Å². The summed E-state index contributed by atoms with van der Waals surface area (Å²) >= 11 is 5.35. The van der Waals surface area contributed by atoms with Gasteiger partial charge in [0.25, 0.3) is 0 Å². The smallest absolute Gasteiger partial charge is 0.327 e. The lowest BCUT2D eigenvalue weighted by atomic mass is 10.1. The van der Waals surface area contributed by atoms with E-state index in [0.717, 1.165) is 0 Å². The third-order valence-corrected chi connectivity index (χ3v) is 4.93. The van der Waals surface area contributed by atoms with E-state index in [9.17, 15) is 19.8 Å². The van der Waals surface area contributed by atoms with Gasteiger partial charge in [-0.05, 0) is 17.9 Å². The molecule has 0 aromatic heterocycles. The van der Waals surface area contributed by atoms with Gasteiger partial charge >= 0.3 is 5.97 Å². The van der Waals surface area contributed by atoms with Crippen LogP contribution in [0.5, 0.6) is 11.5 Å². The van der Waals surface area contributed by atoms with Crippen LogP contribution >= 0.6 is 24.4 Å². The van der Waals surface area contributed by atoms with Crippen LogP contribution in [-0.2, 0) is 9.59 Å². The van der Waals surface area contributed by atoms with Gasteiger partial charge in [-0.25, -0.2) is 4.79 Å². The number of benzene rings is 1. The Hall–Kier alpha value is -1.54. The van der Waals surface area contributed by atoms with Crippen molar-refractivity contribution in [1.82, 2.24) is 4.90 Å². The monoisotopic (exact) mass is 343 g/mol. The first-order valence-electron chi connectivity index (χ1n) is 6.63. The standard InChI is InChI=1S/C14H17NO5S2/c1-20-8-2-3-9(11(16)6-8)13-15(12(17)4-5-21)10(7-22-13)14(18)19/h2-3,6,10,13,16,21H,4-5,7H2,1H3,(H,18,19)/t10-,13?/m0/s1. The van der Waals surface area contributed by atoms with E-state index in [4.69, 9.17) is 4.74 Å². The van der Waals surface area contributed by atoms with E-state index in [2.05, 4.69) is 12.6 Å². The van der Waals surface area contributed by atoms with Crippen molar-refractivity contribution in [1.29, 1.82) is 0 Å². The maximum atomic E-state index is 12.3. The number of hydrogen-bond donors (Lipinski definition) is 3. The van der Waals surface area contributed by atoms with Gasteiger partial charge in [0.15, 0.2) is 0 Å². The molecule has 6 nitrogen and oxygen atoms in total. The Balaban J connectivity index is 2.35. The van der Waals surface area contributed by atoms with Gasteiger partial charge in [0.05, 0.1) is 7.11 Å². The highest BCUT2D eigenvalue weighted by Gasteiger charge is 2.42. The van der Waals surface area contributed by atoms with E-state index in [1.807, 2.05) is 0 Å². The highest BCUT2D eigenvalue weighted by molar-refractivity contribution is 7.99. The van der Waals surface area contributed by atoms with Crippen molar-refractivity contribution in [2.45, 2.75) is 17.8 Å². The minimum absolute atomic E-state index is 0.0217. The van der Waals surface area contributed by atoms with Gasteiger partial charge in [-0.3, -0.25) is 4.79 Å². The Morgan fingerprint density at radius 2 is 2.23 bits per heavy atom. The van der Waals surface area contributed by atoms with E-state index in [1.54, 1.807) is 12.1 Å². The summed E-state index contributed by atoms with van der Waals surface area (Å²) in [6.07, 6.45) is 0.154. The molecule has 1 heterocycles. The van der Waals surface area contributed by atoms with Crippen molar-refractivity contribution in [3.05, 3.63) is 23.8 Å². The number of carboxylic acid groups (broad SMARTS) is 1. The van der Waals surface area contributed by atoms with E-state index in [0.29, 0.717) is 17.1 Å². The number of amides is 1. The molecule has 0 aliphatic carbocycles. The summed E-state index contributed by atoms with van der Waals surface area (Å²) in [4.78, 5) is 25.0. The molecule has 1 unspecified atom stereocenters. The Morgan fingerprint density at radius 1 is 1.50 bits per heavy atom. The third kappa shape index (κ3) is 3.27. The average molecular weight is 343 g/mol. The molecular weight excluding hydrogens is 326 g/mol. The predicted octanol–water partition coefficient (Wildman–Crippen LogP) is 1.75. The van der Waals surface area contributed by atoms with Crippen molar-refractivity contribution in [2.24, 2.45) is 0 Å². The zero-order valence-corrected chi connectivity index (χ0v) is 13.6. The maximum Gasteiger partial charge on any atom is 0.327 e. The number of phenolic OH excluding ortho intramolecular Hbond substituents is 1. The second-order valence-electron chi connectivity index (χ2n) is 4.74. The molecule has 2 N–H and O–H groups in total. The number of carbonyl (C=O) groups is 2. The number of methoxy groups -OCH3 is 1. The number of aliphatic carboxylic acids is 1. The van der Waals surface area contributed by atoms with Crippen molar-refractivity contribution < 1.29 is 24.5 Å². The van der Waals surface area contributed by atoms with Crippen molar-refractivity contribution in [2.75, 3.05) is 18.6 Å². The summed E-state index contributed by atoms with van der Waals surface area (Å²) in [6, 6.07) is 3.87. The molecule has 0 radical (unpaired) electrons. The molecule has 0 spiro atoms. The van der Waals surface area contributed by atoms with Crippen LogP contribution in [0.1, 0.15) is 17.4 Å². The number of aromatic hydroxyl groups is 1. The van der Waals surface area contributed by atoms with Crippen LogP contribution in [0, 0.1) is 0 Å². The molecule has 1 aromatic carbocycles. The molecule has 0 bridgehead atoms. The molecule has 2 rings (SSSR count). The van der Waals surface area contributed by atoms with Gasteiger partial charge < -0.3 is 19.8 Å². The number of carbonyl (C=O) groups excluding carboxylic acids is 1. The molecule has 1 saturated heterocycles. The van der Waals surface area contributed by atoms with Crippen LogP contribution in [0.2, 0.25) is 0 Å². The molecular formula is C14H17NO5S2. The number of hydrogen-bond acceptors (Lipinski definition) is 6. The van der Waals surface area contributed by atoms with Crippen LogP contribution in [0.3, 0.4) is 0 Å². The Bertz CT molecular complexity index is 580. The molecule has 1 aliphatic heterocycles. The topological polar surface area (TPSA) is 87.1 Å². The first-order chi connectivity index (χ1) is 10.5. The summed E-state index contributed by atoms with van der Waals surface area (Å²) in [5, 5.41) is 18.9. The number of thiol groups is 1. The molecule has 1 aromatic rings. The number of carboxylic acids is 1. The number of nitrogens with zero attached hydrogens (tertiary/aromatic N) is 1. The van der Waals surface area contributed by atoms with E-state index < -0.39 is 17.4 Å². The maximum absolute atomic E-state index is 12.3. The lowest BCUT2D eigenvalue weighted by Gasteiger charge is -2.28. The Labute approximate surface area is 137 Å². The first-order valence-corrected chi connectivity index (χ1v) is 8.31. The number of rotatable bonds is 5. The fourth-order valence-corrected chi connectivity index (χ4v) is 3.99. The summed E-state index contributed by atoms with van der Waals surface area (Å²) in [7, 11) is 1.49. The lowest BCUT2D eigenvalue weighted by molar-refractivity contribution is -0.149. The van der Waals surface area contributed by atoms with E-state index in [1.165, 1.54) is 29.8 Å². The molecule has 2 atom stereocenters. The SMILES string of the molecule is COc1ccc(C2SC[C@@H](C(=O)O)N2C(=O)CCS)c(O)c1. The molecule has 8 heteroatoms. The van der Waals surface area contributed by atoms with Crippen LogP contribution in [-0.4, -0.2) is 51.6 Å². The number of phenols is 1. The molecule has 1 amide bonds. The van der Waals surface area contributed by atoms with Crippen molar-refractivity contribution >= 4 is 36.3 Å². The van der Waals surface area contributed by atoms with Gasteiger partial charge in [-0.15, -0.1) is 11.8 Å². The average Bonchev–Trinajstić information content (AvgIpc) is 2.92. The normalized spacial score (nSPS) is 20.9. The minimum atomic E-state index is -1.05. The zero-order valence-electron chi connectivity index (χ0n) is 11.9. The Morgan fingerprint density at radius 3 is 2.77 bits per heavy atom. The van der Waals surface area contributed by atoms with Crippen LogP contribution in [0.15, 0.2) is 18.2 Å². The van der Waals surface area contributed by atoms with Gasteiger partial charge in [0, 0.05) is 23.8 Å². The van der Waals surface area contributed by atoms with Gasteiger partial charge in [0.2, 0.25) is 5.91 Å². The van der Waals surface area contributed by atoms with E-state index >= 15 is 0 Å². The molecule has 0 saturated carbocycles. The van der Waals surface area contributed by atoms with Gasteiger partial charge in [-0.1, -0.05) is 0 Å². The zero-order chi connectivity index (χ0) is 16.3. The van der Waals surface area contributed by atoms with Crippen molar-refractivity contribution in [3.8, 4) is 11.5 Å². The fraction of sp³-hybridized carbons (Fsp3) is 0.429. The summed E-state index contributed by atoms with van der Waals surface area (Å²) < 4.78 is 5.03. The van der Waals surface area contributed by atoms with Gasteiger partial charge in [0.1, 0.15) is 22.9 Å². The third-order valence-electron chi connectivity index (χ3n) is 3.40. The summed E-state index contributed by atoms with van der Waals surface area (Å²) in [5.41, 5.74) is 0.502. The van der Waals surface area contributed by atoms with Crippen LogP contribution < -0.4 is 4.74 Å². The first kappa shape index (κ1) is 16.8. The van der Waals surface area contributed by atoms with Crippen molar-refractivity contribution in [3.63, 3.8) is 0 Å². The second-order valence-corrected chi connectivity index (χ2v) is 6.30. The second kappa shape index (κ2) is 7.15. The van der Waals surface area contributed by atoms with Crippen LogP contribution in [0.25, 0.3) is 0 Å². The highest BCUT2D eigenvalue weighted by atomic mass is 32.2. The minimum Gasteiger partial charge on any atom is -0.507 e. The van der Waals surface area contributed by atoms with Crippen LogP contribution in [0.4, 0.5) is 0 Å². The Kier molecular flexibility index (Phi) is 5.47. The largest absolute Gasteiger partial charge is 0.507 e.